The number of amides is 1. The molecule has 5 nitrogen and oxygen atoms in total. The van der Waals surface area contributed by atoms with Gasteiger partial charge in [0.25, 0.3) is 5.91 Å². The Morgan fingerprint density at radius 1 is 0.939 bits per heavy atom. The number of aromatic nitrogens is 1. The topological polar surface area (TPSA) is 68.3 Å². The van der Waals surface area contributed by atoms with Gasteiger partial charge < -0.3 is 14.2 Å². The lowest BCUT2D eigenvalue weighted by molar-refractivity contribution is 0.0997. The predicted molar refractivity (Wildman–Crippen MR) is 131 cm³/mol. The van der Waals surface area contributed by atoms with E-state index < -0.39 is 0 Å². The van der Waals surface area contributed by atoms with Crippen molar-refractivity contribution in [1.29, 1.82) is 0 Å². The van der Waals surface area contributed by atoms with Gasteiger partial charge in [-0.3, -0.25) is 4.79 Å². The van der Waals surface area contributed by atoms with E-state index in [0.29, 0.717) is 38.5 Å². The van der Waals surface area contributed by atoms with Crippen molar-refractivity contribution in [2.75, 3.05) is 5.32 Å². The third-order valence-corrected chi connectivity index (χ3v) is 6.14. The minimum absolute atomic E-state index is 0.156. The van der Waals surface area contributed by atoms with E-state index in [1.807, 2.05) is 50.2 Å². The van der Waals surface area contributed by atoms with Gasteiger partial charge in [-0.2, -0.15) is 0 Å². The van der Waals surface area contributed by atoms with Crippen LogP contribution in [-0.2, 0) is 0 Å². The first-order valence-electron chi connectivity index (χ1n) is 10.2. The molecule has 0 atom stereocenters. The zero-order valence-electron chi connectivity index (χ0n) is 17.8. The van der Waals surface area contributed by atoms with E-state index in [1.165, 1.54) is 0 Å². The molecule has 2 aromatic heterocycles. The van der Waals surface area contributed by atoms with Crippen molar-refractivity contribution in [3.8, 4) is 22.8 Å². The molecule has 0 fully saturated rings. The molecule has 1 amide bonds. The Morgan fingerprint density at radius 3 is 2.64 bits per heavy atom. The van der Waals surface area contributed by atoms with E-state index in [2.05, 4.69) is 10.3 Å². The zero-order valence-corrected chi connectivity index (χ0v) is 19.3. The molecule has 3 aromatic carbocycles. The van der Waals surface area contributed by atoms with E-state index in [4.69, 9.17) is 32.0 Å². The van der Waals surface area contributed by atoms with Crippen LogP contribution < -0.4 is 5.32 Å². The third kappa shape index (κ3) is 4.13. The van der Waals surface area contributed by atoms with E-state index in [9.17, 15) is 4.79 Å². The minimum atomic E-state index is -0.382. The van der Waals surface area contributed by atoms with Gasteiger partial charge in [0.1, 0.15) is 11.3 Å². The number of fused-ring (bicyclic) bond motifs is 1. The highest BCUT2D eigenvalue weighted by Crippen LogP contribution is 2.34. The van der Waals surface area contributed by atoms with E-state index in [-0.39, 0.29) is 11.7 Å². The fraction of sp³-hybridized carbons (Fsp3) is 0.0769. The number of furan rings is 1. The van der Waals surface area contributed by atoms with Crippen LogP contribution in [0.4, 0.5) is 5.69 Å². The Bertz CT molecular complexity index is 1520. The van der Waals surface area contributed by atoms with Crippen molar-refractivity contribution in [3.63, 3.8) is 0 Å². The number of halogens is 2. The second-order valence-corrected chi connectivity index (χ2v) is 8.52. The van der Waals surface area contributed by atoms with Gasteiger partial charge in [0.2, 0.25) is 5.89 Å². The van der Waals surface area contributed by atoms with Gasteiger partial charge in [0.05, 0.1) is 10.0 Å². The van der Waals surface area contributed by atoms with Gasteiger partial charge in [0, 0.05) is 16.8 Å². The first kappa shape index (κ1) is 21.3. The normalized spacial score (nSPS) is 11.2. The van der Waals surface area contributed by atoms with Gasteiger partial charge in [-0.15, -0.1) is 0 Å². The summed E-state index contributed by atoms with van der Waals surface area (Å²) in [5, 5.41) is 3.70. The van der Waals surface area contributed by atoms with Gasteiger partial charge in [0.15, 0.2) is 11.3 Å². The lowest BCUT2D eigenvalue weighted by Gasteiger charge is -2.08. The Morgan fingerprint density at radius 2 is 1.79 bits per heavy atom. The molecule has 0 saturated heterocycles. The van der Waals surface area contributed by atoms with Crippen molar-refractivity contribution in [3.05, 3.63) is 93.7 Å². The smallest absolute Gasteiger partial charge is 0.291 e. The van der Waals surface area contributed by atoms with Crippen molar-refractivity contribution in [1.82, 2.24) is 4.98 Å². The first-order chi connectivity index (χ1) is 15.9. The van der Waals surface area contributed by atoms with Crippen LogP contribution >= 0.6 is 23.2 Å². The van der Waals surface area contributed by atoms with Crippen LogP contribution in [-0.4, -0.2) is 10.9 Å². The zero-order chi connectivity index (χ0) is 23.1. The number of nitrogens with one attached hydrogen (secondary N) is 1. The summed E-state index contributed by atoms with van der Waals surface area (Å²) in [6.45, 7) is 3.92. The number of nitrogens with zero attached hydrogens (tertiary/aromatic N) is 1. The summed E-state index contributed by atoms with van der Waals surface area (Å²) in [5.41, 5.74) is 5.51. The number of hydrogen-bond acceptors (Lipinski definition) is 4. The standard InChI is InChI=1S/C26H18Cl2N2O3/c1-14-6-9-22-20(12-14)30-26(33-22)16-8-7-15(2)19(13-16)29-25(31)23-11-10-21(32-23)17-4-3-5-18(27)24(17)28/h3-13H,1-2H3,(H,29,31). The predicted octanol–water partition coefficient (Wildman–Crippen LogP) is 7.93. The molecular weight excluding hydrogens is 459 g/mol. The summed E-state index contributed by atoms with van der Waals surface area (Å²) in [7, 11) is 0. The summed E-state index contributed by atoms with van der Waals surface area (Å²) in [4.78, 5) is 17.5. The van der Waals surface area contributed by atoms with E-state index in [0.717, 1.165) is 22.2 Å². The van der Waals surface area contributed by atoms with E-state index in [1.54, 1.807) is 30.3 Å². The molecule has 33 heavy (non-hydrogen) atoms. The molecule has 7 heteroatoms. The molecule has 2 heterocycles. The molecule has 0 unspecified atom stereocenters. The van der Waals surface area contributed by atoms with Crippen LogP contribution in [0.5, 0.6) is 0 Å². The Kier molecular flexibility index (Phi) is 5.44. The Hall–Kier alpha value is -3.54. The third-order valence-electron chi connectivity index (χ3n) is 5.32. The quantitative estimate of drug-likeness (QED) is 0.285. The monoisotopic (exact) mass is 476 g/mol. The molecule has 1 N–H and O–H groups in total. The number of anilines is 1. The molecule has 0 radical (unpaired) electrons. The van der Waals surface area contributed by atoms with Gasteiger partial charge in [-0.05, 0) is 73.5 Å². The largest absolute Gasteiger partial charge is 0.451 e. The van der Waals surface area contributed by atoms with Crippen molar-refractivity contribution < 1.29 is 13.6 Å². The van der Waals surface area contributed by atoms with Gasteiger partial charge in [-0.1, -0.05) is 41.4 Å². The molecule has 0 aliphatic rings. The van der Waals surface area contributed by atoms with Crippen molar-refractivity contribution in [2.24, 2.45) is 0 Å². The molecule has 5 rings (SSSR count). The summed E-state index contributed by atoms with van der Waals surface area (Å²) in [6.07, 6.45) is 0. The minimum Gasteiger partial charge on any atom is -0.451 e. The number of carbonyl (C=O) groups is 1. The summed E-state index contributed by atoms with van der Waals surface area (Å²) in [6, 6.07) is 20.0. The average molecular weight is 477 g/mol. The Labute approximate surface area is 200 Å². The number of benzene rings is 3. The second kappa shape index (κ2) is 8.43. The number of aryl methyl sites for hydroxylation is 2. The van der Waals surface area contributed by atoms with Crippen molar-refractivity contribution >= 4 is 45.9 Å². The molecule has 5 aromatic rings. The highest BCUT2D eigenvalue weighted by molar-refractivity contribution is 6.43. The summed E-state index contributed by atoms with van der Waals surface area (Å²) in [5.74, 6) is 0.720. The van der Waals surface area contributed by atoms with Crippen LogP contribution in [0.1, 0.15) is 21.7 Å². The molecular formula is C26H18Cl2N2O3. The SMILES string of the molecule is Cc1ccc2oc(-c3ccc(C)c(NC(=O)c4ccc(-c5cccc(Cl)c5Cl)o4)c3)nc2c1. The van der Waals surface area contributed by atoms with Crippen LogP contribution in [0.25, 0.3) is 33.9 Å². The van der Waals surface area contributed by atoms with Crippen LogP contribution in [0.15, 0.2) is 75.6 Å². The molecule has 0 bridgehead atoms. The fourth-order valence-electron chi connectivity index (χ4n) is 3.53. The van der Waals surface area contributed by atoms with Gasteiger partial charge in [-0.25, -0.2) is 4.98 Å². The number of oxazole rings is 1. The Balaban J connectivity index is 1.42. The lowest BCUT2D eigenvalue weighted by Crippen LogP contribution is -2.11. The van der Waals surface area contributed by atoms with Crippen LogP contribution in [0, 0.1) is 13.8 Å². The number of hydrogen-bond donors (Lipinski definition) is 1. The highest BCUT2D eigenvalue weighted by atomic mass is 35.5. The maximum Gasteiger partial charge on any atom is 0.291 e. The van der Waals surface area contributed by atoms with Crippen molar-refractivity contribution in [2.45, 2.75) is 13.8 Å². The van der Waals surface area contributed by atoms with Crippen LogP contribution in [0.3, 0.4) is 0 Å². The molecule has 164 valence electrons. The molecule has 0 aliphatic carbocycles. The molecule has 0 aliphatic heterocycles. The lowest BCUT2D eigenvalue weighted by atomic mass is 10.1. The summed E-state index contributed by atoms with van der Waals surface area (Å²) >= 11 is 12.4. The number of rotatable bonds is 4. The average Bonchev–Trinajstić information content (AvgIpc) is 3.44. The highest BCUT2D eigenvalue weighted by Gasteiger charge is 2.17. The van der Waals surface area contributed by atoms with Gasteiger partial charge >= 0.3 is 0 Å². The first-order valence-corrected chi connectivity index (χ1v) is 11.0. The maximum atomic E-state index is 12.9. The number of carbonyl (C=O) groups excluding carboxylic acids is 1. The second-order valence-electron chi connectivity index (χ2n) is 7.74. The molecule has 0 saturated carbocycles. The fourth-order valence-corrected chi connectivity index (χ4v) is 3.93. The molecule has 0 spiro atoms. The van der Waals surface area contributed by atoms with Crippen LogP contribution in [0.2, 0.25) is 10.0 Å². The van der Waals surface area contributed by atoms with E-state index >= 15 is 0 Å². The summed E-state index contributed by atoms with van der Waals surface area (Å²) < 4.78 is 11.7. The maximum absolute atomic E-state index is 12.9.